The van der Waals surface area contributed by atoms with Crippen LogP contribution in [0.15, 0.2) is 0 Å². The van der Waals surface area contributed by atoms with Gasteiger partial charge in [0.1, 0.15) is 0 Å². The van der Waals surface area contributed by atoms with E-state index in [2.05, 4.69) is 19.2 Å². The van der Waals surface area contributed by atoms with Crippen LogP contribution in [0.2, 0.25) is 0 Å². The lowest BCUT2D eigenvalue weighted by Gasteiger charge is -2.39. The summed E-state index contributed by atoms with van der Waals surface area (Å²) in [5.74, 6) is 0. The van der Waals surface area contributed by atoms with E-state index >= 15 is 0 Å². The van der Waals surface area contributed by atoms with E-state index in [1.54, 1.807) is 0 Å². The molecule has 1 saturated carbocycles. The van der Waals surface area contributed by atoms with Crippen LogP contribution in [0.5, 0.6) is 0 Å². The summed E-state index contributed by atoms with van der Waals surface area (Å²) in [4.78, 5) is 0. The van der Waals surface area contributed by atoms with Gasteiger partial charge in [0.05, 0.1) is 6.67 Å². The predicted octanol–water partition coefficient (Wildman–Crippen LogP) is 2.90. The van der Waals surface area contributed by atoms with Gasteiger partial charge in [-0.3, -0.25) is 4.39 Å². The Labute approximate surface area is 81.1 Å². The maximum Gasteiger partial charge on any atom is 0.0906 e. The van der Waals surface area contributed by atoms with Crippen LogP contribution in [0.3, 0.4) is 0 Å². The number of alkyl halides is 1. The molecule has 1 N–H and O–H groups in total. The summed E-state index contributed by atoms with van der Waals surface area (Å²) in [6, 6.07) is 0.604. The minimum atomic E-state index is -0.194. The molecule has 0 radical (unpaired) electrons. The van der Waals surface area contributed by atoms with Crippen molar-refractivity contribution in [3.8, 4) is 0 Å². The second kappa shape index (κ2) is 4.94. The normalized spacial score (nSPS) is 27.5. The van der Waals surface area contributed by atoms with Crippen LogP contribution >= 0.6 is 0 Å². The van der Waals surface area contributed by atoms with Gasteiger partial charge in [-0.25, -0.2) is 0 Å². The van der Waals surface area contributed by atoms with Gasteiger partial charge in [-0.05, 0) is 31.2 Å². The highest BCUT2D eigenvalue weighted by atomic mass is 19.1. The molecule has 0 aromatic carbocycles. The van der Waals surface area contributed by atoms with Gasteiger partial charge in [-0.2, -0.15) is 0 Å². The fourth-order valence-electron chi connectivity index (χ4n) is 2.22. The van der Waals surface area contributed by atoms with Crippen LogP contribution in [0, 0.1) is 5.41 Å². The zero-order valence-corrected chi connectivity index (χ0v) is 8.91. The van der Waals surface area contributed by atoms with Crippen molar-refractivity contribution in [1.29, 1.82) is 0 Å². The summed E-state index contributed by atoms with van der Waals surface area (Å²) in [5.41, 5.74) is 0.411. The van der Waals surface area contributed by atoms with Crippen molar-refractivity contribution < 1.29 is 4.39 Å². The summed E-state index contributed by atoms with van der Waals surface area (Å²) in [7, 11) is 0. The third kappa shape index (κ3) is 3.26. The zero-order valence-electron chi connectivity index (χ0n) is 8.91. The van der Waals surface area contributed by atoms with E-state index in [4.69, 9.17) is 0 Å². The van der Waals surface area contributed by atoms with E-state index in [1.165, 1.54) is 25.7 Å². The maximum atomic E-state index is 11.9. The summed E-state index contributed by atoms with van der Waals surface area (Å²) in [5, 5.41) is 3.47. The van der Waals surface area contributed by atoms with Crippen LogP contribution in [0.4, 0.5) is 4.39 Å². The van der Waals surface area contributed by atoms with Gasteiger partial charge >= 0.3 is 0 Å². The third-order valence-corrected chi connectivity index (χ3v) is 3.21. The Morgan fingerprint density at radius 1 is 1.38 bits per heavy atom. The van der Waals surface area contributed by atoms with Crippen molar-refractivity contribution in [2.75, 3.05) is 13.2 Å². The smallest absolute Gasteiger partial charge is 0.0906 e. The molecule has 2 heteroatoms. The Balaban J connectivity index is 2.29. The molecule has 1 atom stereocenters. The van der Waals surface area contributed by atoms with Crippen molar-refractivity contribution in [3.63, 3.8) is 0 Å². The van der Waals surface area contributed by atoms with Gasteiger partial charge < -0.3 is 5.32 Å². The fourth-order valence-corrected chi connectivity index (χ4v) is 2.22. The van der Waals surface area contributed by atoms with Crippen molar-refractivity contribution in [1.82, 2.24) is 5.32 Å². The molecule has 0 aromatic heterocycles. The van der Waals surface area contributed by atoms with Crippen LogP contribution in [0.25, 0.3) is 0 Å². The number of halogens is 1. The Hall–Kier alpha value is -0.110. The highest BCUT2D eigenvalue weighted by Gasteiger charge is 2.31. The van der Waals surface area contributed by atoms with E-state index in [9.17, 15) is 4.39 Å². The Morgan fingerprint density at radius 2 is 2.15 bits per heavy atom. The van der Waals surface area contributed by atoms with E-state index in [0.717, 1.165) is 6.54 Å². The highest BCUT2D eigenvalue weighted by Crippen LogP contribution is 2.35. The summed E-state index contributed by atoms with van der Waals surface area (Å²) < 4.78 is 11.9. The maximum absolute atomic E-state index is 11.9. The zero-order chi connectivity index (χ0) is 9.73. The molecule has 1 unspecified atom stereocenters. The molecule has 0 aliphatic heterocycles. The lowest BCUT2D eigenvalue weighted by Crippen LogP contribution is -2.44. The van der Waals surface area contributed by atoms with Crippen LogP contribution < -0.4 is 5.32 Å². The Bertz CT molecular complexity index is 145. The quantitative estimate of drug-likeness (QED) is 0.667. The highest BCUT2D eigenvalue weighted by molar-refractivity contribution is 4.87. The van der Waals surface area contributed by atoms with Crippen LogP contribution in [-0.4, -0.2) is 19.3 Å². The fraction of sp³-hybridized carbons (Fsp3) is 1.00. The van der Waals surface area contributed by atoms with Gasteiger partial charge in [-0.15, -0.1) is 0 Å². The predicted molar refractivity (Wildman–Crippen MR) is 54.6 cm³/mol. The van der Waals surface area contributed by atoms with Gasteiger partial charge in [0, 0.05) is 6.04 Å². The molecule has 1 aliphatic carbocycles. The van der Waals surface area contributed by atoms with Crippen LogP contribution in [-0.2, 0) is 0 Å². The lowest BCUT2D eigenvalue weighted by molar-refractivity contribution is 0.167. The van der Waals surface area contributed by atoms with Gasteiger partial charge in [-0.1, -0.05) is 26.7 Å². The Morgan fingerprint density at radius 3 is 2.77 bits per heavy atom. The molecule has 1 fully saturated rings. The average molecular weight is 187 g/mol. The molecule has 0 aromatic rings. The summed E-state index contributed by atoms with van der Waals surface area (Å²) >= 11 is 0. The van der Waals surface area contributed by atoms with Crippen molar-refractivity contribution in [2.45, 2.75) is 52.0 Å². The molecule has 0 amide bonds. The largest absolute Gasteiger partial charge is 0.313 e. The molecule has 0 spiro atoms. The van der Waals surface area contributed by atoms with E-state index in [-0.39, 0.29) is 6.67 Å². The molecule has 1 rings (SSSR count). The lowest BCUT2D eigenvalue weighted by atomic mass is 9.73. The third-order valence-electron chi connectivity index (χ3n) is 3.21. The second-order valence-electron chi connectivity index (χ2n) is 4.78. The first-order valence-electron chi connectivity index (χ1n) is 5.46. The molecule has 0 saturated heterocycles. The van der Waals surface area contributed by atoms with Crippen LogP contribution in [0.1, 0.15) is 46.0 Å². The van der Waals surface area contributed by atoms with Gasteiger partial charge in [0.25, 0.3) is 0 Å². The molecule has 0 heterocycles. The summed E-state index contributed by atoms with van der Waals surface area (Å²) in [6.07, 6.45) is 5.91. The molecule has 1 nitrogen and oxygen atoms in total. The average Bonchev–Trinajstić information content (AvgIpc) is 2.08. The number of nitrogens with one attached hydrogen (secondary N) is 1. The van der Waals surface area contributed by atoms with Gasteiger partial charge in [0.15, 0.2) is 0 Å². The molecule has 0 bridgehead atoms. The van der Waals surface area contributed by atoms with Crippen molar-refractivity contribution >= 4 is 0 Å². The van der Waals surface area contributed by atoms with Crippen molar-refractivity contribution in [3.05, 3.63) is 0 Å². The SMILES string of the molecule is CC1(C)CCCCC1NCCCF. The first kappa shape index (κ1) is 11.0. The van der Waals surface area contributed by atoms with Gasteiger partial charge in [0.2, 0.25) is 0 Å². The molecule has 1 aliphatic rings. The molecular formula is C11H22FN. The topological polar surface area (TPSA) is 12.0 Å². The van der Waals surface area contributed by atoms with E-state index < -0.39 is 0 Å². The van der Waals surface area contributed by atoms with Crippen molar-refractivity contribution in [2.24, 2.45) is 5.41 Å². The first-order valence-corrected chi connectivity index (χ1v) is 5.46. The molecular weight excluding hydrogens is 165 g/mol. The minimum Gasteiger partial charge on any atom is -0.313 e. The molecule has 78 valence electrons. The van der Waals surface area contributed by atoms with E-state index in [1.807, 2.05) is 0 Å². The Kier molecular flexibility index (Phi) is 4.17. The minimum absolute atomic E-state index is 0.194. The summed E-state index contributed by atoms with van der Waals surface area (Å²) in [6.45, 7) is 5.28. The number of hydrogen-bond acceptors (Lipinski definition) is 1. The number of hydrogen-bond donors (Lipinski definition) is 1. The monoisotopic (exact) mass is 187 g/mol. The molecule has 13 heavy (non-hydrogen) atoms. The standard InChI is InChI=1S/C11H22FN/c1-11(2)7-4-3-6-10(11)13-9-5-8-12/h10,13H,3-9H2,1-2H3. The first-order chi connectivity index (χ1) is 6.17. The van der Waals surface area contributed by atoms with E-state index in [0.29, 0.717) is 17.9 Å². The number of rotatable bonds is 4. The second-order valence-corrected chi connectivity index (χ2v) is 4.78.